The van der Waals surface area contributed by atoms with Gasteiger partial charge in [0, 0.05) is 18.1 Å². The number of hydrogen-bond acceptors (Lipinski definition) is 3. The number of benzene rings is 2. The molecule has 0 saturated heterocycles. The summed E-state index contributed by atoms with van der Waals surface area (Å²) in [6.07, 6.45) is 0. The number of phenols is 1. The van der Waals surface area contributed by atoms with E-state index in [2.05, 4.69) is 15.9 Å². The number of aromatic hydroxyl groups is 1. The Labute approximate surface area is 132 Å². The Morgan fingerprint density at radius 2 is 2.00 bits per heavy atom. The van der Waals surface area contributed by atoms with Crippen molar-refractivity contribution in [1.29, 1.82) is 0 Å². The summed E-state index contributed by atoms with van der Waals surface area (Å²) < 4.78 is 6.03. The summed E-state index contributed by atoms with van der Waals surface area (Å²) in [4.78, 5) is 14.0. The minimum Gasteiger partial charge on any atom is -0.507 e. The number of nitrogens with zero attached hydrogens (tertiary/aromatic N) is 1. The second kappa shape index (κ2) is 6.63. The average Bonchev–Trinajstić information content (AvgIpc) is 2.49. The predicted molar refractivity (Wildman–Crippen MR) is 84.6 cm³/mol. The zero-order valence-electron chi connectivity index (χ0n) is 11.8. The molecule has 0 aliphatic heterocycles. The van der Waals surface area contributed by atoms with E-state index in [1.165, 1.54) is 19.2 Å². The monoisotopic (exact) mass is 349 g/mol. The van der Waals surface area contributed by atoms with Gasteiger partial charge in [-0.2, -0.15) is 0 Å². The van der Waals surface area contributed by atoms with E-state index in [0.717, 1.165) is 10.0 Å². The molecule has 0 atom stereocenters. The number of phenolic OH excluding ortho intramolecular Hbond substituents is 1. The van der Waals surface area contributed by atoms with E-state index in [1.54, 1.807) is 18.0 Å². The molecule has 0 bridgehead atoms. The number of carbonyl (C=O) groups excluding carboxylic acids is 1. The molecule has 2 aromatic carbocycles. The third-order valence-electron chi connectivity index (χ3n) is 3.15. The SMILES string of the molecule is COc1ccc(O)c(C(=O)N(C)Cc2ccccc2Br)c1. The van der Waals surface area contributed by atoms with Crippen molar-refractivity contribution in [1.82, 2.24) is 4.90 Å². The molecule has 0 fully saturated rings. The van der Waals surface area contributed by atoms with Crippen LogP contribution in [-0.4, -0.2) is 30.1 Å². The highest BCUT2D eigenvalue weighted by atomic mass is 79.9. The van der Waals surface area contributed by atoms with Gasteiger partial charge in [0.1, 0.15) is 11.5 Å². The van der Waals surface area contributed by atoms with Crippen molar-refractivity contribution in [3.05, 3.63) is 58.1 Å². The molecule has 0 unspecified atom stereocenters. The highest BCUT2D eigenvalue weighted by Gasteiger charge is 2.17. The van der Waals surface area contributed by atoms with Gasteiger partial charge < -0.3 is 14.7 Å². The lowest BCUT2D eigenvalue weighted by Crippen LogP contribution is -2.26. The highest BCUT2D eigenvalue weighted by Crippen LogP contribution is 2.25. The summed E-state index contributed by atoms with van der Waals surface area (Å²) in [5.74, 6) is 0.215. The van der Waals surface area contributed by atoms with Gasteiger partial charge in [0.25, 0.3) is 5.91 Å². The summed E-state index contributed by atoms with van der Waals surface area (Å²) in [6, 6.07) is 12.3. The molecular weight excluding hydrogens is 334 g/mol. The van der Waals surface area contributed by atoms with Crippen LogP contribution in [-0.2, 0) is 6.54 Å². The predicted octanol–water partition coefficient (Wildman–Crippen LogP) is 3.44. The molecule has 0 aromatic heterocycles. The lowest BCUT2D eigenvalue weighted by molar-refractivity contribution is 0.0781. The first-order valence-corrected chi connectivity index (χ1v) is 7.18. The number of carbonyl (C=O) groups is 1. The van der Waals surface area contributed by atoms with E-state index < -0.39 is 0 Å². The molecule has 0 aliphatic rings. The van der Waals surface area contributed by atoms with Crippen molar-refractivity contribution < 1.29 is 14.6 Å². The summed E-state index contributed by atoms with van der Waals surface area (Å²) in [7, 11) is 3.21. The van der Waals surface area contributed by atoms with Crippen molar-refractivity contribution >= 4 is 21.8 Å². The Bertz CT molecular complexity index is 658. The van der Waals surface area contributed by atoms with Crippen molar-refractivity contribution in [2.45, 2.75) is 6.54 Å². The van der Waals surface area contributed by atoms with Gasteiger partial charge in [-0.25, -0.2) is 0 Å². The van der Waals surface area contributed by atoms with Gasteiger partial charge in [0.05, 0.1) is 12.7 Å². The van der Waals surface area contributed by atoms with E-state index in [4.69, 9.17) is 4.74 Å². The molecule has 5 heteroatoms. The van der Waals surface area contributed by atoms with Crippen molar-refractivity contribution in [3.8, 4) is 11.5 Å². The highest BCUT2D eigenvalue weighted by molar-refractivity contribution is 9.10. The molecule has 0 heterocycles. The van der Waals surface area contributed by atoms with Crippen LogP contribution < -0.4 is 4.74 Å². The largest absolute Gasteiger partial charge is 0.507 e. The zero-order chi connectivity index (χ0) is 15.4. The number of halogens is 1. The molecule has 1 N–H and O–H groups in total. The van der Waals surface area contributed by atoms with E-state index in [0.29, 0.717) is 12.3 Å². The molecule has 0 spiro atoms. The van der Waals surface area contributed by atoms with Crippen molar-refractivity contribution in [2.24, 2.45) is 0 Å². The molecule has 110 valence electrons. The standard InChI is InChI=1S/C16H16BrNO3/c1-18(10-11-5-3-4-6-14(11)17)16(20)13-9-12(21-2)7-8-15(13)19/h3-9,19H,10H2,1-2H3. The molecule has 1 amide bonds. The first-order valence-electron chi connectivity index (χ1n) is 6.39. The van der Waals surface area contributed by atoms with Gasteiger partial charge in [-0.05, 0) is 29.8 Å². The quantitative estimate of drug-likeness (QED) is 0.919. The second-order valence-corrected chi connectivity index (χ2v) is 5.49. The first-order chi connectivity index (χ1) is 10.0. The van der Waals surface area contributed by atoms with Crippen LogP contribution >= 0.6 is 15.9 Å². The van der Waals surface area contributed by atoms with Crippen LogP contribution in [0.25, 0.3) is 0 Å². The molecule has 0 saturated carbocycles. The van der Waals surface area contributed by atoms with Gasteiger partial charge in [-0.1, -0.05) is 34.1 Å². The third kappa shape index (κ3) is 3.55. The average molecular weight is 350 g/mol. The maximum atomic E-state index is 12.4. The summed E-state index contributed by atoms with van der Waals surface area (Å²) in [6.45, 7) is 0.441. The van der Waals surface area contributed by atoms with E-state index in [-0.39, 0.29) is 17.2 Å². The third-order valence-corrected chi connectivity index (χ3v) is 3.92. The maximum Gasteiger partial charge on any atom is 0.257 e. The molecule has 2 rings (SSSR count). The van der Waals surface area contributed by atoms with Crippen molar-refractivity contribution in [2.75, 3.05) is 14.2 Å². The fourth-order valence-corrected chi connectivity index (χ4v) is 2.38. The van der Waals surface area contributed by atoms with Crippen LogP contribution in [0.4, 0.5) is 0 Å². The summed E-state index contributed by atoms with van der Waals surface area (Å²) >= 11 is 3.46. The van der Waals surface area contributed by atoms with Gasteiger partial charge in [-0.15, -0.1) is 0 Å². The fraction of sp³-hybridized carbons (Fsp3) is 0.188. The Kier molecular flexibility index (Phi) is 4.85. The molecule has 2 aromatic rings. The molecule has 4 nitrogen and oxygen atoms in total. The van der Waals surface area contributed by atoms with Crippen LogP contribution in [0.5, 0.6) is 11.5 Å². The summed E-state index contributed by atoms with van der Waals surface area (Å²) in [5, 5.41) is 9.86. The van der Waals surface area contributed by atoms with Gasteiger partial charge >= 0.3 is 0 Å². The number of rotatable bonds is 4. The molecular formula is C16H16BrNO3. The summed E-state index contributed by atoms with van der Waals surface area (Å²) in [5.41, 5.74) is 1.22. The molecule has 0 aliphatic carbocycles. The minimum atomic E-state index is -0.262. The second-order valence-electron chi connectivity index (χ2n) is 4.64. The van der Waals surface area contributed by atoms with Crippen LogP contribution in [0, 0.1) is 0 Å². The Hall–Kier alpha value is -2.01. The van der Waals surface area contributed by atoms with Crippen LogP contribution in [0.2, 0.25) is 0 Å². The lowest BCUT2D eigenvalue weighted by atomic mass is 10.1. The zero-order valence-corrected chi connectivity index (χ0v) is 13.4. The van der Waals surface area contributed by atoms with Crippen LogP contribution in [0.1, 0.15) is 15.9 Å². The molecule has 21 heavy (non-hydrogen) atoms. The van der Waals surface area contributed by atoms with Crippen LogP contribution in [0.3, 0.4) is 0 Å². The minimum absolute atomic E-state index is 0.0558. The Balaban J connectivity index is 2.22. The normalized spacial score (nSPS) is 10.2. The van der Waals surface area contributed by atoms with Gasteiger partial charge in [0.2, 0.25) is 0 Å². The number of ether oxygens (including phenoxy) is 1. The van der Waals surface area contributed by atoms with Crippen molar-refractivity contribution in [3.63, 3.8) is 0 Å². The van der Waals surface area contributed by atoms with Crippen LogP contribution in [0.15, 0.2) is 46.9 Å². The fourth-order valence-electron chi connectivity index (χ4n) is 1.97. The van der Waals surface area contributed by atoms with E-state index in [9.17, 15) is 9.90 Å². The maximum absolute atomic E-state index is 12.4. The number of amides is 1. The number of methoxy groups -OCH3 is 1. The Morgan fingerprint density at radius 1 is 1.29 bits per heavy atom. The van der Waals surface area contributed by atoms with Gasteiger partial charge in [0.15, 0.2) is 0 Å². The van der Waals surface area contributed by atoms with E-state index in [1.807, 2.05) is 24.3 Å². The van der Waals surface area contributed by atoms with Gasteiger partial charge in [-0.3, -0.25) is 4.79 Å². The smallest absolute Gasteiger partial charge is 0.257 e. The number of hydrogen-bond donors (Lipinski definition) is 1. The Morgan fingerprint density at radius 3 is 2.67 bits per heavy atom. The molecule has 0 radical (unpaired) electrons. The first kappa shape index (κ1) is 15.4. The van der Waals surface area contributed by atoms with E-state index >= 15 is 0 Å². The topological polar surface area (TPSA) is 49.8 Å². The lowest BCUT2D eigenvalue weighted by Gasteiger charge is -2.19.